The Morgan fingerprint density at radius 1 is 1.12 bits per heavy atom. The third-order valence-electron chi connectivity index (χ3n) is 4.51. The first kappa shape index (κ1) is 16.5. The van der Waals surface area contributed by atoms with Gasteiger partial charge in [0.1, 0.15) is 5.69 Å². The quantitative estimate of drug-likeness (QED) is 0.508. The lowest BCUT2D eigenvalue weighted by Gasteiger charge is -2.12. The summed E-state index contributed by atoms with van der Waals surface area (Å²) in [5.74, 6) is -0.181. The highest BCUT2D eigenvalue weighted by Crippen LogP contribution is 2.34. The van der Waals surface area contributed by atoms with Gasteiger partial charge in [0.15, 0.2) is 5.13 Å². The first-order valence-corrected chi connectivity index (χ1v) is 9.31. The number of amides is 1. The SMILES string of the molecule is Cc1cc(C)c(-c2cccc3[nH]c(C(=O)Nc4nccs4)cc23)c(C)c1. The molecule has 0 aliphatic carbocycles. The average molecular weight is 361 g/mol. The van der Waals surface area contributed by atoms with E-state index in [0.717, 1.165) is 16.5 Å². The minimum Gasteiger partial charge on any atom is -0.350 e. The molecule has 2 aromatic carbocycles. The number of aromatic nitrogens is 2. The molecule has 0 saturated carbocycles. The van der Waals surface area contributed by atoms with Crippen LogP contribution in [0.1, 0.15) is 27.2 Å². The highest BCUT2D eigenvalue weighted by molar-refractivity contribution is 7.13. The molecule has 2 aromatic heterocycles. The summed E-state index contributed by atoms with van der Waals surface area (Å²) >= 11 is 1.40. The van der Waals surface area contributed by atoms with E-state index >= 15 is 0 Å². The van der Waals surface area contributed by atoms with E-state index in [1.54, 1.807) is 6.20 Å². The largest absolute Gasteiger partial charge is 0.350 e. The summed E-state index contributed by atoms with van der Waals surface area (Å²) in [4.78, 5) is 19.9. The number of aryl methyl sites for hydroxylation is 3. The molecule has 4 rings (SSSR count). The molecule has 0 spiro atoms. The number of hydrogen-bond acceptors (Lipinski definition) is 3. The highest BCUT2D eigenvalue weighted by atomic mass is 32.1. The second kappa shape index (κ2) is 6.42. The molecule has 0 bridgehead atoms. The molecule has 130 valence electrons. The summed E-state index contributed by atoms with van der Waals surface area (Å²) in [5, 5.41) is 6.31. The van der Waals surface area contributed by atoms with Crippen LogP contribution in [0, 0.1) is 20.8 Å². The fraction of sp³-hybridized carbons (Fsp3) is 0.143. The number of carbonyl (C=O) groups excluding carboxylic acids is 1. The van der Waals surface area contributed by atoms with Gasteiger partial charge in [-0.15, -0.1) is 11.3 Å². The van der Waals surface area contributed by atoms with Crippen molar-refractivity contribution in [3.8, 4) is 11.1 Å². The number of fused-ring (bicyclic) bond motifs is 1. The van der Waals surface area contributed by atoms with Gasteiger partial charge in [0.2, 0.25) is 0 Å². The topological polar surface area (TPSA) is 57.8 Å². The number of nitrogens with one attached hydrogen (secondary N) is 2. The lowest BCUT2D eigenvalue weighted by Crippen LogP contribution is -2.11. The number of H-pyrrole nitrogens is 1. The molecule has 2 N–H and O–H groups in total. The molecule has 0 saturated heterocycles. The number of hydrogen-bond donors (Lipinski definition) is 2. The maximum atomic E-state index is 12.5. The molecule has 0 aliphatic rings. The highest BCUT2D eigenvalue weighted by Gasteiger charge is 2.15. The van der Waals surface area contributed by atoms with Crippen LogP contribution < -0.4 is 5.32 Å². The van der Waals surface area contributed by atoms with Crippen LogP contribution in [0.2, 0.25) is 0 Å². The van der Waals surface area contributed by atoms with Crippen LogP contribution in [-0.4, -0.2) is 15.9 Å². The third kappa shape index (κ3) is 2.91. The molecule has 4 nitrogen and oxygen atoms in total. The van der Waals surface area contributed by atoms with Gasteiger partial charge >= 0.3 is 0 Å². The van der Waals surface area contributed by atoms with Gasteiger partial charge in [-0.25, -0.2) is 4.98 Å². The van der Waals surface area contributed by atoms with Gasteiger partial charge in [0, 0.05) is 22.5 Å². The molecule has 2 heterocycles. The van der Waals surface area contributed by atoms with Crippen molar-refractivity contribution >= 4 is 33.3 Å². The smallest absolute Gasteiger partial charge is 0.273 e. The predicted molar refractivity (Wildman–Crippen MR) is 108 cm³/mol. The standard InChI is InChI=1S/C21H19N3OS/c1-12-9-13(2)19(14(3)10-12)15-5-4-6-17-16(15)11-18(23-17)20(25)24-21-22-7-8-26-21/h4-11,23H,1-3H3,(H,22,24,25). The van der Waals surface area contributed by atoms with Crippen LogP contribution in [0.15, 0.2) is 48.0 Å². The zero-order valence-corrected chi connectivity index (χ0v) is 15.7. The van der Waals surface area contributed by atoms with E-state index in [1.165, 1.54) is 33.6 Å². The lowest BCUT2D eigenvalue weighted by molar-refractivity contribution is 0.102. The molecule has 4 aromatic rings. The second-order valence-electron chi connectivity index (χ2n) is 6.51. The Hall–Kier alpha value is -2.92. The summed E-state index contributed by atoms with van der Waals surface area (Å²) in [6.45, 7) is 6.38. The van der Waals surface area contributed by atoms with Crippen molar-refractivity contribution in [2.75, 3.05) is 5.32 Å². The van der Waals surface area contributed by atoms with E-state index in [4.69, 9.17) is 0 Å². The second-order valence-corrected chi connectivity index (χ2v) is 7.41. The summed E-state index contributed by atoms with van der Waals surface area (Å²) in [6.07, 6.45) is 1.67. The van der Waals surface area contributed by atoms with Crippen molar-refractivity contribution in [1.29, 1.82) is 0 Å². The minimum atomic E-state index is -0.181. The summed E-state index contributed by atoms with van der Waals surface area (Å²) < 4.78 is 0. The molecule has 0 atom stereocenters. The van der Waals surface area contributed by atoms with Crippen LogP contribution in [0.25, 0.3) is 22.0 Å². The van der Waals surface area contributed by atoms with Gasteiger partial charge in [0.05, 0.1) is 0 Å². The van der Waals surface area contributed by atoms with Crippen LogP contribution in [0.4, 0.5) is 5.13 Å². The van der Waals surface area contributed by atoms with Gasteiger partial charge in [-0.05, 0) is 55.2 Å². The Balaban J connectivity index is 1.81. The average Bonchev–Trinajstić information content (AvgIpc) is 3.23. The first-order chi connectivity index (χ1) is 12.5. The molecule has 26 heavy (non-hydrogen) atoms. The van der Waals surface area contributed by atoms with E-state index in [0.29, 0.717) is 10.8 Å². The Kier molecular flexibility index (Phi) is 4.09. The Morgan fingerprint density at radius 3 is 2.58 bits per heavy atom. The van der Waals surface area contributed by atoms with E-state index in [9.17, 15) is 4.79 Å². The number of aromatic amines is 1. The van der Waals surface area contributed by atoms with Gasteiger partial charge in [-0.3, -0.25) is 10.1 Å². The predicted octanol–water partition coefficient (Wildman–Crippen LogP) is 5.47. The van der Waals surface area contributed by atoms with Crippen molar-refractivity contribution in [2.45, 2.75) is 20.8 Å². The number of rotatable bonds is 3. The normalized spacial score (nSPS) is 11.0. The van der Waals surface area contributed by atoms with Crippen molar-refractivity contribution < 1.29 is 4.79 Å². The minimum absolute atomic E-state index is 0.181. The lowest BCUT2D eigenvalue weighted by atomic mass is 9.92. The molecular weight excluding hydrogens is 342 g/mol. The van der Waals surface area contributed by atoms with E-state index in [-0.39, 0.29) is 5.91 Å². The molecule has 0 radical (unpaired) electrons. The van der Waals surface area contributed by atoms with Crippen LogP contribution in [0.5, 0.6) is 0 Å². The van der Waals surface area contributed by atoms with Crippen molar-refractivity contribution in [1.82, 2.24) is 9.97 Å². The van der Waals surface area contributed by atoms with E-state index in [2.05, 4.69) is 54.3 Å². The van der Waals surface area contributed by atoms with Crippen molar-refractivity contribution in [2.24, 2.45) is 0 Å². The van der Waals surface area contributed by atoms with E-state index in [1.807, 2.05) is 23.6 Å². The fourth-order valence-electron chi connectivity index (χ4n) is 3.55. The molecular formula is C21H19N3OS. The first-order valence-electron chi connectivity index (χ1n) is 8.44. The number of anilines is 1. The van der Waals surface area contributed by atoms with Crippen LogP contribution in [-0.2, 0) is 0 Å². The van der Waals surface area contributed by atoms with E-state index < -0.39 is 0 Å². The molecule has 0 fully saturated rings. The van der Waals surface area contributed by atoms with Crippen LogP contribution in [0.3, 0.4) is 0 Å². The Morgan fingerprint density at radius 2 is 1.88 bits per heavy atom. The van der Waals surface area contributed by atoms with Gasteiger partial charge in [0.25, 0.3) is 5.91 Å². The maximum Gasteiger partial charge on any atom is 0.273 e. The van der Waals surface area contributed by atoms with Crippen molar-refractivity contribution in [3.05, 3.63) is 70.4 Å². The fourth-order valence-corrected chi connectivity index (χ4v) is 4.07. The van der Waals surface area contributed by atoms with Crippen molar-refractivity contribution in [3.63, 3.8) is 0 Å². The third-order valence-corrected chi connectivity index (χ3v) is 5.20. The summed E-state index contributed by atoms with van der Waals surface area (Å²) in [6, 6.07) is 12.5. The number of nitrogens with zero attached hydrogens (tertiary/aromatic N) is 1. The zero-order chi connectivity index (χ0) is 18.3. The number of benzene rings is 2. The monoisotopic (exact) mass is 361 g/mol. The number of thiazole rings is 1. The molecule has 0 unspecified atom stereocenters. The van der Waals surface area contributed by atoms with Gasteiger partial charge in [-0.2, -0.15) is 0 Å². The van der Waals surface area contributed by atoms with Gasteiger partial charge in [-0.1, -0.05) is 29.8 Å². The maximum absolute atomic E-state index is 12.5. The Bertz CT molecular complexity index is 1090. The summed E-state index contributed by atoms with van der Waals surface area (Å²) in [7, 11) is 0. The zero-order valence-electron chi connectivity index (χ0n) is 14.9. The molecule has 5 heteroatoms. The molecule has 1 amide bonds. The molecule has 0 aliphatic heterocycles. The van der Waals surface area contributed by atoms with Crippen LogP contribution >= 0.6 is 11.3 Å². The summed E-state index contributed by atoms with van der Waals surface area (Å²) in [5.41, 5.74) is 7.59. The van der Waals surface area contributed by atoms with Gasteiger partial charge < -0.3 is 4.98 Å². The number of carbonyl (C=O) groups is 1. The Labute approximate surface area is 155 Å².